The lowest BCUT2D eigenvalue weighted by Crippen LogP contribution is -2.03. The highest BCUT2D eigenvalue weighted by molar-refractivity contribution is 7.11. The smallest absolute Gasteiger partial charge is 0.0900 e. The molecule has 12 heavy (non-hydrogen) atoms. The van der Waals surface area contributed by atoms with Gasteiger partial charge in [-0.3, -0.25) is 0 Å². The molecule has 0 saturated heterocycles. The molecule has 0 radical (unpaired) electrons. The summed E-state index contributed by atoms with van der Waals surface area (Å²) in [7, 11) is 0. The van der Waals surface area contributed by atoms with Gasteiger partial charge in [-0.05, 0) is 19.8 Å². The molecule has 68 valence electrons. The summed E-state index contributed by atoms with van der Waals surface area (Å²) in [5.41, 5.74) is 1.30. The third kappa shape index (κ3) is 1.86. The van der Waals surface area contributed by atoms with Gasteiger partial charge in [-0.25, -0.2) is 4.98 Å². The van der Waals surface area contributed by atoms with Crippen LogP contribution < -0.4 is 0 Å². The maximum atomic E-state index is 4.55. The number of aromatic nitrogens is 1. The predicted octanol–water partition coefficient (Wildman–Crippen LogP) is 3.52. The van der Waals surface area contributed by atoms with Gasteiger partial charge in [0.15, 0.2) is 0 Å². The van der Waals surface area contributed by atoms with Crippen LogP contribution in [0.2, 0.25) is 0 Å². The molecule has 0 fully saturated rings. The lowest BCUT2D eigenvalue weighted by atomic mass is 9.94. The maximum absolute atomic E-state index is 4.55. The van der Waals surface area contributed by atoms with Crippen molar-refractivity contribution in [3.8, 4) is 0 Å². The van der Waals surface area contributed by atoms with E-state index in [0.29, 0.717) is 11.8 Å². The van der Waals surface area contributed by atoms with Gasteiger partial charge in [0.25, 0.3) is 0 Å². The van der Waals surface area contributed by atoms with Crippen molar-refractivity contribution in [3.05, 3.63) is 15.6 Å². The SMILES string of the molecule is Cc1nc(C(C)C(C)C)c(C)s1. The number of aryl methyl sites for hydroxylation is 2. The average molecular weight is 183 g/mol. The number of hydrogen-bond acceptors (Lipinski definition) is 2. The molecule has 0 aliphatic rings. The molecule has 1 aromatic rings. The summed E-state index contributed by atoms with van der Waals surface area (Å²) in [6.45, 7) is 11.0. The van der Waals surface area contributed by atoms with Crippen molar-refractivity contribution in [1.29, 1.82) is 0 Å². The molecule has 0 bridgehead atoms. The Bertz CT molecular complexity index is 263. The molecule has 1 unspecified atom stereocenters. The zero-order valence-electron chi connectivity index (χ0n) is 8.51. The highest BCUT2D eigenvalue weighted by Crippen LogP contribution is 2.28. The van der Waals surface area contributed by atoms with Crippen molar-refractivity contribution in [2.24, 2.45) is 5.92 Å². The van der Waals surface area contributed by atoms with Crippen LogP contribution >= 0.6 is 11.3 Å². The van der Waals surface area contributed by atoms with Crippen molar-refractivity contribution in [2.45, 2.75) is 40.5 Å². The minimum absolute atomic E-state index is 0.593. The predicted molar refractivity (Wildman–Crippen MR) is 54.8 cm³/mol. The van der Waals surface area contributed by atoms with E-state index in [9.17, 15) is 0 Å². The third-order valence-electron chi connectivity index (χ3n) is 2.37. The van der Waals surface area contributed by atoms with Crippen molar-refractivity contribution in [3.63, 3.8) is 0 Å². The van der Waals surface area contributed by atoms with Crippen LogP contribution in [0.1, 0.15) is 42.3 Å². The van der Waals surface area contributed by atoms with E-state index >= 15 is 0 Å². The summed E-state index contributed by atoms with van der Waals surface area (Å²) >= 11 is 1.80. The van der Waals surface area contributed by atoms with Crippen molar-refractivity contribution in [1.82, 2.24) is 4.98 Å². The van der Waals surface area contributed by atoms with E-state index in [2.05, 4.69) is 39.6 Å². The Morgan fingerprint density at radius 2 is 1.75 bits per heavy atom. The molecule has 0 spiro atoms. The first-order valence-corrected chi connectivity index (χ1v) is 5.28. The van der Waals surface area contributed by atoms with Crippen LogP contribution in [0, 0.1) is 19.8 Å². The van der Waals surface area contributed by atoms with Gasteiger partial charge in [-0.1, -0.05) is 20.8 Å². The molecule has 0 saturated carbocycles. The topological polar surface area (TPSA) is 12.9 Å². The summed E-state index contributed by atoms with van der Waals surface area (Å²) in [5, 5.41) is 1.19. The van der Waals surface area contributed by atoms with Gasteiger partial charge in [0.1, 0.15) is 0 Å². The van der Waals surface area contributed by atoms with Crippen LogP contribution in [0.3, 0.4) is 0 Å². The first-order valence-electron chi connectivity index (χ1n) is 4.46. The van der Waals surface area contributed by atoms with Crippen LogP contribution in [-0.2, 0) is 0 Å². The summed E-state index contributed by atoms with van der Waals surface area (Å²) in [4.78, 5) is 5.93. The largest absolute Gasteiger partial charge is 0.246 e. The lowest BCUT2D eigenvalue weighted by molar-refractivity contribution is 0.523. The summed E-state index contributed by atoms with van der Waals surface area (Å²) < 4.78 is 0. The van der Waals surface area contributed by atoms with E-state index in [-0.39, 0.29) is 0 Å². The molecule has 2 heteroatoms. The fourth-order valence-electron chi connectivity index (χ4n) is 1.28. The van der Waals surface area contributed by atoms with E-state index in [1.165, 1.54) is 15.6 Å². The van der Waals surface area contributed by atoms with Gasteiger partial charge in [-0.2, -0.15) is 0 Å². The number of hydrogen-bond donors (Lipinski definition) is 0. The Morgan fingerprint density at radius 1 is 1.17 bits per heavy atom. The van der Waals surface area contributed by atoms with Crippen LogP contribution in [0.4, 0.5) is 0 Å². The van der Waals surface area contributed by atoms with E-state index < -0.39 is 0 Å². The van der Waals surface area contributed by atoms with Crippen molar-refractivity contribution >= 4 is 11.3 Å². The summed E-state index contributed by atoms with van der Waals surface area (Å²) in [6, 6.07) is 0. The van der Waals surface area contributed by atoms with Gasteiger partial charge >= 0.3 is 0 Å². The molecule has 1 heterocycles. The normalized spacial score (nSPS) is 13.8. The Hall–Kier alpha value is -0.370. The molecular formula is C10H17NS. The Kier molecular flexibility index (Phi) is 2.89. The zero-order valence-corrected chi connectivity index (χ0v) is 9.33. The summed E-state index contributed by atoms with van der Waals surface area (Å²) in [6.07, 6.45) is 0. The molecule has 1 aromatic heterocycles. The first kappa shape index (κ1) is 9.72. The van der Waals surface area contributed by atoms with E-state index in [0.717, 1.165) is 0 Å². The van der Waals surface area contributed by atoms with E-state index in [4.69, 9.17) is 0 Å². The van der Waals surface area contributed by atoms with Gasteiger partial charge < -0.3 is 0 Å². The lowest BCUT2D eigenvalue weighted by Gasteiger charge is -2.13. The second-order valence-corrected chi connectivity index (χ2v) is 5.11. The molecule has 0 N–H and O–H groups in total. The van der Waals surface area contributed by atoms with Gasteiger partial charge in [-0.15, -0.1) is 11.3 Å². The number of nitrogens with zero attached hydrogens (tertiary/aromatic N) is 1. The monoisotopic (exact) mass is 183 g/mol. The zero-order chi connectivity index (χ0) is 9.30. The molecule has 1 nitrogen and oxygen atoms in total. The van der Waals surface area contributed by atoms with E-state index in [1.807, 2.05) is 0 Å². The summed E-state index contributed by atoms with van der Waals surface area (Å²) in [5.74, 6) is 1.28. The minimum Gasteiger partial charge on any atom is -0.246 e. The average Bonchev–Trinajstić information content (AvgIpc) is 2.28. The molecule has 1 atom stereocenters. The third-order valence-corrected chi connectivity index (χ3v) is 3.27. The number of rotatable bonds is 2. The maximum Gasteiger partial charge on any atom is 0.0900 e. The van der Waals surface area contributed by atoms with Gasteiger partial charge in [0.05, 0.1) is 10.7 Å². The number of thiazole rings is 1. The molecular weight excluding hydrogens is 166 g/mol. The standard InChI is InChI=1S/C10H17NS/c1-6(2)7(3)10-8(4)12-9(5)11-10/h6-7H,1-5H3. The highest BCUT2D eigenvalue weighted by atomic mass is 32.1. The Balaban J connectivity index is 2.94. The van der Waals surface area contributed by atoms with Gasteiger partial charge in [0, 0.05) is 10.8 Å². The fraction of sp³-hybridized carbons (Fsp3) is 0.700. The van der Waals surface area contributed by atoms with E-state index in [1.54, 1.807) is 11.3 Å². The molecule has 0 amide bonds. The Labute approximate surface area is 78.8 Å². The van der Waals surface area contributed by atoms with Crippen LogP contribution in [-0.4, -0.2) is 4.98 Å². The second-order valence-electron chi connectivity index (χ2n) is 3.71. The highest BCUT2D eigenvalue weighted by Gasteiger charge is 2.15. The van der Waals surface area contributed by atoms with Crippen LogP contribution in [0.15, 0.2) is 0 Å². The van der Waals surface area contributed by atoms with Crippen LogP contribution in [0.25, 0.3) is 0 Å². The molecule has 0 aliphatic carbocycles. The van der Waals surface area contributed by atoms with Crippen molar-refractivity contribution in [2.75, 3.05) is 0 Å². The van der Waals surface area contributed by atoms with Crippen molar-refractivity contribution < 1.29 is 0 Å². The molecule has 0 aromatic carbocycles. The van der Waals surface area contributed by atoms with Crippen LogP contribution in [0.5, 0.6) is 0 Å². The Morgan fingerprint density at radius 3 is 2.08 bits per heavy atom. The first-order chi connectivity index (χ1) is 5.52. The molecule has 1 rings (SSSR count). The second kappa shape index (κ2) is 3.56. The quantitative estimate of drug-likeness (QED) is 0.683. The fourth-order valence-corrected chi connectivity index (χ4v) is 2.21. The minimum atomic E-state index is 0.593. The molecule has 0 aliphatic heterocycles. The van der Waals surface area contributed by atoms with Gasteiger partial charge in [0.2, 0.25) is 0 Å².